The minimum Gasteiger partial charge on any atom is -0.497 e. The number of rotatable bonds is 5. The van der Waals surface area contributed by atoms with Crippen LogP contribution in [-0.4, -0.2) is 25.7 Å². The second-order valence-electron chi connectivity index (χ2n) is 4.68. The van der Waals surface area contributed by atoms with E-state index in [-0.39, 0.29) is 11.9 Å². The standard InChI is InChI=1S/C14H21NO3/c1-10(15-13(16)14(2,3)18-5)11-6-8-12(17-4)9-7-11/h6-10H,1-5H3,(H,15,16)/t10-/m1/s1. The van der Waals surface area contributed by atoms with Crippen molar-refractivity contribution in [1.29, 1.82) is 0 Å². The summed E-state index contributed by atoms with van der Waals surface area (Å²) in [6.07, 6.45) is 0. The minimum atomic E-state index is -0.819. The third kappa shape index (κ3) is 3.47. The molecule has 0 aliphatic rings. The largest absolute Gasteiger partial charge is 0.497 e. The summed E-state index contributed by atoms with van der Waals surface area (Å²) in [7, 11) is 3.15. The number of hydrogen-bond donors (Lipinski definition) is 1. The molecule has 1 amide bonds. The molecule has 0 bridgehead atoms. The molecule has 0 spiro atoms. The van der Waals surface area contributed by atoms with Gasteiger partial charge in [-0.25, -0.2) is 0 Å². The number of nitrogens with one attached hydrogen (secondary N) is 1. The molecule has 1 aromatic carbocycles. The van der Waals surface area contributed by atoms with Crippen molar-refractivity contribution in [2.75, 3.05) is 14.2 Å². The molecule has 0 aromatic heterocycles. The molecule has 1 rings (SSSR count). The van der Waals surface area contributed by atoms with Crippen LogP contribution in [0.3, 0.4) is 0 Å². The number of methoxy groups -OCH3 is 2. The first-order valence-electron chi connectivity index (χ1n) is 5.90. The van der Waals surface area contributed by atoms with E-state index in [0.29, 0.717) is 0 Å². The Morgan fingerprint density at radius 1 is 1.22 bits per heavy atom. The minimum absolute atomic E-state index is 0.0715. The number of carbonyl (C=O) groups is 1. The van der Waals surface area contributed by atoms with Gasteiger partial charge in [0.15, 0.2) is 0 Å². The third-order valence-electron chi connectivity index (χ3n) is 3.02. The van der Waals surface area contributed by atoms with Crippen molar-refractivity contribution in [3.63, 3.8) is 0 Å². The van der Waals surface area contributed by atoms with Gasteiger partial charge in [-0.1, -0.05) is 12.1 Å². The predicted octanol–water partition coefficient (Wildman–Crippen LogP) is 2.30. The van der Waals surface area contributed by atoms with Crippen molar-refractivity contribution in [1.82, 2.24) is 5.32 Å². The summed E-state index contributed by atoms with van der Waals surface area (Å²) in [5.74, 6) is 0.669. The zero-order chi connectivity index (χ0) is 13.8. The highest BCUT2D eigenvalue weighted by atomic mass is 16.5. The fourth-order valence-electron chi connectivity index (χ4n) is 1.44. The van der Waals surface area contributed by atoms with E-state index in [0.717, 1.165) is 11.3 Å². The molecule has 0 fully saturated rings. The van der Waals surface area contributed by atoms with Gasteiger partial charge in [-0.15, -0.1) is 0 Å². The van der Waals surface area contributed by atoms with Gasteiger partial charge in [0.1, 0.15) is 11.4 Å². The fraction of sp³-hybridized carbons (Fsp3) is 0.500. The van der Waals surface area contributed by atoms with Gasteiger partial charge in [-0.3, -0.25) is 4.79 Å². The van der Waals surface area contributed by atoms with Crippen LogP contribution in [0.2, 0.25) is 0 Å². The van der Waals surface area contributed by atoms with E-state index in [1.807, 2.05) is 31.2 Å². The van der Waals surface area contributed by atoms with Crippen molar-refractivity contribution in [2.45, 2.75) is 32.4 Å². The SMILES string of the molecule is COc1ccc([C@@H](C)NC(=O)C(C)(C)OC)cc1. The molecule has 100 valence electrons. The molecule has 0 aliphatic heterocycles. The molecule has 1 N–H and O–H groups in total. The van der Waals surface area contributed by atoms with Gasteiger partial charge in [0.25, 0.3) is 5.91 Å². The Kier molecular flexibility index (Phi) is 4.73. The Labute approximate surface area is 108 Å². The summed E-state index contributed by atoms with van der Waals surface area (Å²) in [5.41, 5.74) is 0.205. The lowest BCUT2D eigenvalue weighted by atomic mass is 10.1. The molecule has 0 heterocycles. The Bertz CT molecular complexity index is 398. The van der Waals surface area contributed by atoms with E-state index in [1.165, 1.54) is 7.11 Å². The summed E-state index contributed by atoms with van der Waals surface area (Å²) >= 11 is 0. The molecular formula is C14H21NO3. The van der Waals surface area contributed by atoms with Gasteiger partial charge in [0.05, 0.1) is 13.2 Å². The number of carbonyl (C=O) groups excluding carboxylic acids is 1. The van der Waals surface area contributed by atoms with E-state index in [2.05, 4.69) is 5.32 Å². The van der Waals surface area contributed by atoms with Crippen LogP contribution in [0, 0.1) is 0 Å². The molecule has 0 aliphatic carbocycles. The number of benzene rings is 1. The van der Waals surface area contributed by atoms with Crippen molar-refractivity contribution in [3.8, 4) is 5.75 Å². The van der Waals surface area contributed by atoms with Gasteiger partial charge < -0.3 is 14.8 Å². The van der Waals surface area contributed by atoms with Crippen molar-refractivity contribution in [3.05, 3.63) is 29.8 Å². The Morgan fingerprint density at radius 2 is 1.78 bits per heavy atom. The highest BCUT2D eigenvalue weighted by Crippen LogP contribution is 2.18. The summed E-state index contributed by atoms with van der Waals surface area (Å²) in [5, 5.41) is 2.92. The van der Waals surface area contributed by atoms with Crippen molar-refractivity contribution >= 4 is 5.91 Å². The highest BCUT2D eigenvalue weighted by molar-refractivity contribution is 5.84. The van der Waals surface area contributed by atoms with E-state index in [4.69, 9.17) is 9.47 Å². The predicted molar refractivity (Wildman–Crippen MR) is 70.6 cm³/mol. The van der Waals surface area contributed by atoms with Gasteiger partial charge in [0, 0.05) is 7.11 Å². The van der Waals surface area contributed by atoms with Gasteiger partial charge in [-0.05, 0) is 38.5 Å². The summed E-state index contributed by atoms with van der Waals surface area (Å²) in [6.45, 7) is 5.41. The summed E-state index contributed by atoms with van der Waals surface area (Å²) in [4.78, 5) is 11.9. The van der Waals surface area contributed by atoms with Crippen LogP contribution in [0.1, 0.15) is 32.4 Å². The molecule has 18 heavy (non-hydrogen) atoms. The number of ether oxygens (including phenoxy) is 2. The van der Waals surface area contributed by atoms with Crippen molar-refractivity contribution in [2.24, 2.45) is 0 Å². The smallest absolute Gasteiger partial charge is 0.252 e. The van der Waals surface area contributed by atoms with Crippen molar-refractivity contribution < 1.29 is 14.3 Å². The van der Waals surface area contributed by atoms with Crippen LogP contribution in [0.4, 0.5) is 0 Å². The van der Waals surface area contributed by atoms with E-state index in [1.54, 1.807) is 21.0 Å². The summed E-state index contributed by atoms with van der Waals surface area (Å²) < 4.78 is 10.2. The molecule has 0 radical (unpaired) electrons. The Morgan fingerprint density at radius 3 is 2.22 bits per heavy atom. The van der Waals surface area contributed by atoms with Crippen LogP contribution in [-0.2, 0) is 9.53 Å². The maximum atomic E-state index is 11.9. The second kappa shape index (κ2) is 5.87. The second-order valence-corrected chi connectivity index (χ2v) is 4.68. The average molecular weight is 251 g/mol. The Hall–Kier alpha value is -1.55. The van der Waals surface area contributed by atoms with Crippen LogP contribution >= 0.6 is 0 Å². The lowest BCUT2D eigenvalue weighted by molar-refractivity contribution is -0.140. The van der Waals surface area contributed by atoms with Crippen LogP contribution in [0.25, 0.3) is 0 Å². The average Bonchev–Trinajstić information content (AvgIpc) is 2.38. The van der Waals surface area contributed by atoms with Crippen LogP contribution in [0.15, 0.2) is 24.3 Å². The molecule has 4 nitrogen and oxygen atoms in total. The van der Waals surface area contributed by atoms with Gasteiger partial charge in [-0.2, -0.15) is 0 Å². The first-order valence-corrected chi connectivity index (χ1v) is 5.90. The van der Waals surface area contributed by atoms with Gasteiger partial charge in [0.2, 0.25) is 0 Å². The van der Waals surface area contributed by atoms with Crippen LogP contribution < -0.4 is 10.1 Å². The summed E-state index contributed by atoms with van der Waals surface area (Å²) in [6, 6.07) is 7.55. The maximum Gasteiger partial charge on any atom is 0.252 e. The van der Waals surface area contributed by atoms with Gasteiger partial charge >= 0.3 is 0 Å². The molecule has 4 heteroatoms. The number of amides is 1. The molecule has 1 atom stereocenters. The first-order chi connectivity index (χ1) is 8.40. The lowest BCUT2D eigenvalue weighted by Crippen LogP contribution is -2.44. The third-order valence-corrected chi connectivity index (χ3v) is 3.02. The van der Waals surface area contributed by atoms with E-state index in [9.17, 15) is 4.79 Å². The molecule has 0 saturated carbocycles. The first kappa shape index (κ1) is 14.5. The lowest BCUT2D eigenvalue weighted by Gasteiger charge is -2.24. The van der Waals surface area contributed by atoms with Crippen LogP contribution in [0.5, 0.6) is 5.75 Å². The number of hydrogen-bond acceptors (Lipinski definition) is 3. The van der Waals surface area contributed by atoms with E-state index < -0.39 is 5.60 Å². The molecule has 0 saturated heterocycles. The normalized spacial score (nSPS) is 12.9. The quantitative estimate of drug-likeness (QED) is 0.873. The molecule has 1 aromatic rings. The van der Waals surface area contributed by atoms with E-state index >= 15 is 0 Å². The molecular weight excluding hydrogens is 230 g/mol. The molecule has 0 unspecified atom stereocenters. The maximum absolute atomic E-state index is 11.9. The fourth-order valence-corrected chi connectivity index (χ4v) is 1.44. The topological polar surface area (TPSA) is 47.6 Å². The zero-order valence-electron chi connectivity index (χ0n) is 11.6. The highest BCUT2D eigenvalue weighted by Gasteiger charge is 2.28. The Balaban J connectivity index is 2.70. The zero-order valence-corrected chi connectivity index (χ0v) is 11.6. The monoisotopic (exact) mass is 251 g/mol.